The Morgan fingerprint density at radius 2 is 1.62 bits per heavy atom. The fourth-order valence-electron chi connectivity index (χ4n) is 3.63. The number of hydrogen-bond donors (Lipinski definition) is 1. The Hall–Kier alpha value is -3.49. The summed E-state index contributed by atoms with van der Waals surface area (Å²) in [7, 11) is 1.73. The van der Waals surface area contributed by atoms with E-state index in [0.717, 1.165) is 38.1 Å². The summed E-state index contributed by atoms with van der Waals surface area (Å²) >= 11 is 0. The van der Waals surface area contributed by atoms with Crippen LogP contribution in [0.2, 0.25) is 0 Å². The predicted octanol–water partition coefficient (Wildman–Crippen LogP) is 0.470. The SMILES string of the molecule is CN=C(NCCN1C(=O)c2ccccc2C1=O)N1CCN(c2ncccn2)CC1. The maximum Gasteiger partial charge on any atom is 0.261 e. The minimum Gasteiger partial charge on any atom is -0.354 e. The van der Waals surface area contributed by atoms with Gasteiger partial charge in [0.2, 0.25) is 5.95 Å². The molecule has 0 radical (unpaired) electrons. The van der Waals surface area contributed by atoms with Gasteiger partial charge in [0.15, 0.2) is 5.96 Å². The smallest absolute Gasteiger partial charge is 0.261 e. The first-order chi connectivity index (χ1) is 14.2. The lowest BCUT2D eigenvalue weighted by Gasteiger charge is -2.36. The minimum atomic E-state index is -0.237. The molecule has 9 heteroatoms. The number of nitrogens with one attached hydrogen (secondary N) is 1. The molecule has 1 aromatic heterocycles. The van der Waals surface area contributed by atoms with Crippen molar-refractivity contribution in [1.29, 1.82) is 0 Å². The number of rotatable bonds is 4. The van der Waals surface area contributed by atoms with Gasteiger partial charge in [0.05, 0.1) is 11.1 Å². The van der Waals surface area contributed by atoms with E-state index < -0.39 is 0 Å². The molecule has 0 atom stereocenters. The lowest BCUT2D eigenvalue weighted by Crippen LogP contribution is -2.53. The molecule has 3 heterocycles. The fraction of sp³-hybridized carbons (Fsp3) is 0.350. The van der Waals surface area contributed by atoms with E-state index in [-0.39, 0.29) is 11.8 Å². The van der Waals surface area contributed by atoms with Crippen molar-refractivity contribution in [3.8, 4) is 0 Å². The molecule has 9 nitrogen and oxygen atoms in total. The van der Waals surface area contributed by atoms with Gasteiger partial charge in [0, 0.05) is 58.7 Å². The van der Waals surface area contributed by atoms with E-state index in [1.165, 1.54) is 4.90 Å². The average molecular weight is 393 g/mol. The summed E-state index contributed by atoms with van der Waals surface area (Å²) in [5.74, 6) is 1.02. The van der Waals surface area contributed by atoms with Crippen LogP contribution in [-0.2, 0) is 0 Å². The Balaban J connectivity index is 1.29. The monoisotopic (exact) mass is 393 g/mol. The molecule has 0 aliphatic carbocycles. The third kappa shape index (κ3) is 3.75. The second-order valence-electron chi connectivity index (χ2n) is 6.80. The number of guanidine groups is 1. The molecule has 0 spiro atoms. The third-order valence-electron chi connectivity index (χ3n) is 5.12. The summed E-state index contributed by atoms with van der Waals surface area (Å²) in [6.07, 6.45) is 3.49. The molecule has 0 saturated carbocycles. The Morgan fingerprint density at radius 3 is 2.21 bits per heavy atom. The van der Waals surface area contributed by atoms with Crippen LogP contribution >= 0.6 is 0 Å². The van der Waals surface area contributed by atoms with Crippen molar-refractivity contribution in [1.82, 2.24) is 25.1 Å². The second-order valence-corrected chi connectivity index (χ2v) is 6.80. The van der Waals surface area contributed by atoms with Crippen molar-refractivity contribution in [2.75, 3.05) is 51.2 Å². The number of piperazine rings is 1. The van der Waals surface area contributed by atoms with Crippen LogP contribution in [0.3, 0.4) is 0 Å². The summed E-state index contributed by atoms with van der Waals surface area (Å²) in [5, 5.41) is 3.27. The van der Waals surface area contributed by atoms with Crippen LogP contribution in [0, 0.1) is 0 Å². The standard InChI is InChI=1S/C20H23N7O2/c1-21-19(25-11-13-26(14-12-25)20-22-7-4-8-23-20)24-9-10-27-17(28)15-5-2-3-6-16(15)18(27)29/h2-8H,9-14H2,1H3,(H,21,24). The highest BCUT2D eigenvalue weighted by molar-refractivity contribution is 6.21. The van der Waals surface area contributed by atoms with Gasteiger partial charge >= 0.3 is 0 Å². The number of nitrogens with zero attached hydrogens (tertiary/aromatic N) is 6. The zero-order valence-corrected chi connectivity index (χ0v) is 16.3. The van der Waals surface area contributed by atoms with Gasteiger partial charge in [-0.3, -0.25) is 19.5 Å². The predicted molar refractivity (Wildman–Crippen MR) is 109 cm³/mol. The van der Waals surface area contributed by atoms with Gasteiger partial charge in [-0.2, -0.15) is 0 Å². The summed E-state index contributed by atoms with van der Waals surface area (Å²) in [4.78, 5) is 43.4. The highest BCUT2D eigenvalue weighted by Gasteiger charge is 2.34. The van der Waals surface area contributed by atoms with Gasteiger partial charge in [-0.05, 0) is 18.2 Å². The number of hydrogen-bond acceptors (Lipinski definition) is 6. The van der Waals surface area contributed by atoms with Crippen molar-refractivity contribution in [3.63, 3.8) is 0 Å². The lowest BCUT2D eigenvalue weighted by molar-refractivity contribution is 0.0657. The summed E-state index contributed by atoms with van der Waals surface area (Å²) in [6, 6.07) is 8.73. The molecule has 150 valence electrons. The number of carbonyl (C=O) groups is 2. The zero-order chi connectivity index (χ0) is 20.2. The minimum absolute atomic E-state index is 0.237. The maximum absolute atomic E-state index is 12.4. The molecule has 2 aromatic rings. The van der Waals surface area contributed by atoms with Crippen molar-refractivity contribution >= 4 is 23.7 Å². The van der Waals surface area contributed by atoms with Crippen molar-refractivity contribution < 1.29 is 9.59 Å². The first-order valence-electron chi connectivity index (χ1n) is 9.62. The van der Waals surface area contributed by atoms with Gasteiger partial charge < -0.3 is 15.1 Å². The highest BCUT2D eigenvalue weighted by Crippen LogP contribution is 2.21. The number of imide groups is 1. The number of anilines is 1. The molecule has 2 aliphatic rings. The Bertz CT molecular complexity index is 888. The largest absolute Gasteiger partial charge is 0.354 e. The molecule has 1 saturated heterocycles. The number of fused-ring (bicyclic) bond motifs is 1. The fourth-order valence-corrected chi connectivity index (χ4v) is 3.63. The molecular weight excluding hydrogens is 370 g/mol. The van der Waals surface area contributed by atoms with Crippen LogP contribution in [0.25, 0.3) is 0 Å². The van der Waals surface area contributed by atoms with E-state index in [2.05, 4.69) is 30.1 Å². The van der Waals surface area contributed by atoms with Gasteiger partial charge in [0.1, 0.15) is 0 Å². The molecule has 0 bridgehead atoms. The Kier molecular flexibility index (Phi) is 5.37. The molecule has 29 heavy (non-hydrogen) atoms. The number of aliphatic imine (C=N–C) groups is 1. The first-order valence-corrected chi connectivity index (χ1v) is 9.62. The Labute approximate surface area is 169 Å². The van der Waals surface area contributed by atoms with E-state index in [1.807, 2.05) is 0 Å². The number of aromatic nitrogens is 2. The van der Waals surface area contributed by atoms with Crippen molar-refractivity contribution in [2.45, 2.75) is 0 Å². The van der Waals surface area contributed by atoms with Gasteiger partial charge in [-0.15, -0.1) is 0 Å². The maximum atomic E-state index is 12.4. The van der Waals surface area contributed by atoms with Crippen LogP contribution in [0.15, 0.2) is 47.7 Å². The molecule has 2 amide bonds. The lowest BCUT2D eigenvalue weighted by atomic mass is 10.1. The van der Waals surface area contributed by atoms with E-state index in [0.29, 0.717) is 24.2 Å². The number of amides is 2. The summed E-state index contributed by atoms with van der Waals surface area (Å²) < 4.78 is 0. The van der Waals surface area contributed by atoms with Crippen molar-refractivity contribution in [3.05, 3.63) is 53.9 Å². The summed E-state index contributed by atoms with van der Waals surface area (Å²) in [6.45, 7) is 3.89. The van der Waals surface area contributed by atoms with E-state index >= 15 is 0 Å². The highest BCUT2D eigenvalue weighted by atomic mass is 16.2. The second kappa shape index (κ2) is 8.26. The number of carbonyl (C=O) groups excluding carboxylic acids is 2. The average Bonchev–Trinajstić information content (AvgIpc) is 3.02. The van der Waals surface area contributed by atoms with Crippen molar-refractivity contribution in [2.24, 2.45) is 4.99 Å². The topological polar surface area (TPSA) is 94.0 Å². The van der Waals surface area contributed by atoms with Crippen LogP contribution < -0.4 is 10.2 Å². The molecule has 1 fully saturated rings. The van der Waals surface area contributed by atoms with E-state index in [4.69, 9.17) is 0 Å². The number of benzene rings is 1. The van der Waals surface area contributed by atoms with E-state index in [9.17, 15) is 9.59 Å². The van der Waals surface area contributed by atoms with E-state index in [1.54, 1.807) is 49.8 Å². The van der Waals surface area contributed by atoms with Crippen LogP contribution in [0.1, 0.15) is 20.7 Å². The molecular formula is C20H23N7O2. The van der Waals surface area contributed by atoms with Crippen LogP contribution in [-0.4, -0.2) is 83.9 Å². The Morgan fingerprint density at radius 1 is 1.00 bits per heavy atom. The molecule has 1 aromatic carbocycles. The normalized spacial score (nSPS) is 17.0. The molecule has 4 rings (SSSR count). The van der Waals surface area contributed by atoms with Crippen LogP contribution in [0.5, 0.6) is 0 Å². The molecule has 0 unspecified atom stereocenters. The summed E-state index contributed by atoms with van der Waals surface area (Å²) in [5.41, 5.74) is 0.947. The van der Waals surface area contributed by atoms with Gasteiger partial charge in [0.25, 0.3) is 11.8 Å². The first kappa shape index (κ1) is 18.9. The van der Waals surface area contributed by atoms with Gasteiger partial charge in [-0.1, -0.05) is 12.1 Å². The van der Waals surface area contributed by atoms with Gasteiger partial charge in [-0.25, -0.2) is 9.97 Å². The van der Waals surface area contributed by atoms with Crippen LogP contribution in [0.4, 0.5) is 5.95 Å². The third-order valence-corrected chi connectivity index (χ3v) is 5.12. The zero-order valence-electron chi connectivity index (χ0n) is 16.3. The molecule has 2 aliphatic heterocycles. The molecule has 1 N–H and O–H groups in total. The quantitative estimate of drug-likeness (QED) is 0.458.